The second-order valence-electron chi connectivity index (χ2n) is 5.71. The molecule has 0 aromatic heterocycles. The SMILES string of the molecule is O=C(O)CCN(C(=O)N1CCCC1CCCO)C1CC1. The molecule has 6 nitrogen and oxygen atoms in total. The van der Waals surface area contributed by atoms with Gasteiger partial charge in [-0.3, -0.25) is 4.79 Å². The van der Waals surface area contributed by atoms with E-state index in [9.17, 15) is 9.59 Å². The first kappa shape index (κ1) is 15.1. The van der Waals surface area contributed by atoms with Gasteiger partial charge in [0.25, 0.3) is 0 Å². The minimum Gasteiger partial charge on any atom is -0.481 e. The molecule has 1 unspecified atom stereocenters. The molecule has 0 spiro atoms. The maximum atomic E-state index is 12.6. The minimum atomic E-state index is -0.860. The summed E-state index contributed by atoms with van der Waals surface area (Å²) in [6, 6.07) is 0.441. The largest absolute Gasteiger partial charge is 0.481 e. The van der Waals surface area contributed by atoms with Crippen molar-refractivity contribution >= 4 is 12.0 Å². The Kier molecular flexibility index (Phi) is 5.23. The van der Waals surface area contributed by atoms with Gasteiger partial charge < -0.3 is 20.0 Å². The van der Waals surface area contributed by atoms with Gasteiger partial charge in [0.2, 0.25) is 0 Å². The summed E-state index contributed by atoms with van der Waals surface area (Å²) in [5, 5.41) is 17.7. The number of nitrogens with zero attached hydrogens (tertiary/aromatic N) is 2. The molecule has 0 bridgehead atoms. The highest BCUT2D eigenvalue weighted by Crippen LogP contribution is 2.30. The smallest absolute Gasteiger partial charge is 0.320 e. The molecule has 1 atom stereocenters. The Hall–Kier alpha value is -1.30. The predicted molar refractivity (Wildman–Crippen MR) is 73.4 cm³/mol. The molecule has 2 aliphatic rings. The van der Waals surface area contributed by atoms with Crippen LogP contribution in [-0.2, 0) is 4.79 Å². The molecular formula is C14H24N2O4. The van der Waals surface area contributed by atoms with Gasteiger partial charge in [-0.25, -0.2) is 4.79 Å². The van der Waals surface area contributed by atoms with Crippen molar-refractivity contribution < 1.29 is 19.8 Å². The summed E-state index contributed by atoms with van der Waals surface area (Å²) in [4.78, 5) is 27.0. The molecule has 6 heteroatoms. The molecule has 2 amide bonds. The van der Waals surface area contributed by atoms with Crippen LogP contribution >= 0.6 is 0 Å². The van der Waals surface area contributed by atoms with Crippen LogP contribution in [0.25, 0.3) is 0 Å². The van der Waals surface area contributed by atoms with E-state index in [1.54, 1.807) is 4.90 Å². The number of carboxylic acids is 1. The fourth-order valence-corrected chi connectivity index (χ4v) is 2.92. The number of hydrogen-bond donors (Lipinski definition) is 2. The lowest BCUT2D eigenvalue weighted by atomic mass is 10.1. The third-order valence-electron chi connectivity index (χ3n) is 4.12. The minimum absolute atomic E-state index is 0.00538. The number of aliphatic hydroxyl groups excluding tert-OH is 1. The lowest BCUT2D eigenvalue weighted by molar-refractivity contribution is -0.137. The fourth-order valence-electron chi connectivity index (χ4n) is 2.92. The quantitative estimate of drug-likeness (QED) is 0.738. The summed E-state index contributed by atoms with van der Waals surface area (Å²) >= 11 is 0. The third kappa shape index (κ3) is 3.85. The normalized spacial score (nSPS) is 22.1. The molecule has 0 aromatic rings. The van der Waals surface area contributed by atoms with Crippen molar-refractivity contribution in [2.45, 2.75) is 57.0 Å². The summed E-state index contributed by atoms with van der Waals surface area (Å²) in [5.74, 6) is -0.860. The zero-order chi connectivity index (χ0) is 14.5. The van der Waals surface area contributed by atoms with E-state index in [1.807, 2.05) is 4.90 Å². The summed E-state index contributed by atoms with van der Waals surface area (Å²) < 4.78 is 0. The number of likely N-dealkylation sites (tertiary alicyclic amines) is 1. The number of aliphatic carboxylic acids is 1. The fraction of sp³-hybridized carbons (Fsp3) is 0.857. The van der Waals surface area contributed by atoms with E-state index in [-0.39, 0.29) is 31.1 Å². The summed E-state index contributed by atoms with van der Waals surface area (Å²) in [6.07, 6.45) is 5.52. The number of carboxylic acid groups (broad SMARTS) is 1. The van der Waals surface area contributed by atoms with Crippen molar-refractivity contribution in [3.05, 3.63) is 0 Å². The Morgan fingerprint density at radius 1 is 1.25 bits per heavy atom. The zero-order valence-electron chi connectivity index (χ0n) is 11.8. The topological polar surface area (TPSA) is 81.1 Å². The molecule has 1 aliphatic heterocycles. The molecular weight excluding hydrogens is 260 g/mol. The van der Waals surface area contributed by atoms with E-state index < -0.39 is 5.97 Å². The molecule has 20 heavy (non-hydrogen) atoms. The van der Waals surface area contributed by atoms with Crippen LogP contribution in [-0.4, -0.2) is 63.8 Å². The number of amides is 2. The molecule has 1 saturated carbocycles. The molecule has 0 aromatic carbocycles. The van der Waals surface area contributed by atoms with Gasteiger partial charge in [0, 0.05) is 31.8 Å². The maximum Gasteiger partial charge on any atom is 0.320 e. The highest BCUT2D eigenvalue weighted by Gasteiger charge is 2.38. The van der Waals surface area contributed by atoms with Crippen LogP contribution in [0, 0.1) is 0 Å². The summed E-state index contributed by atoms with van der Waals surface area (Å²) in [5.41, 5.74) is 0. The molecule has 1 aliphatic carbocycles. The average molecular weight is 284 g/mol. The number of hydrogen-bond acceptors (Lipinski definition) is 3. The Balaban J connectivity index is 1.93. The molecule has 1 heterocycles. The summed E-state index contributed by atoms with van der Waals surface area (Å²) in [6.45, 7) is 1.22. The first-order valence-corrected chi connectivity index (χ1v) is 7.53. The highest BCUT2D eigenvalue weighted by atomic mass is 16.4. The molecule has 1 saturated heterocycles. The van der Waals surface area contributed by atoms with Crippen LogP contribution in [0.3, 0.4) is 0 Å². The first-order valence-electron chi connectivity index (χ1n) is 7.53. The maximum absolute atomic E-state index is 12.6. The molecule has 2 fully saturated rings. The Morgan fingerprint density at radius 3 is 2.60 bits per heavy atom. The van der Waals surface area contributed by atoms with E-state index in [0.717, 1.165) is 38.6 Å². The van der Waals surface area contributed by atoms with Crippen LogP contribution in [0.5, 0.6) is 0 Å². The van der Waals surface area contributed by atoms with E-state index >= 15 is 0 Å². The monoisotopic (exact) mass is 284 g/mol. The third-order valence-corrected chi connectivity index (χ3v) is 4.12. The zero-order valence-corrected chi connectivity index (χ0v) is 11.8. The van der Waals surface area contributed by atoms with Gasteiger partial charge in [-0.15, -0.1) is 0 Å². The van der Waals surface area contributed by atoms with Crippen LogP contribution in [0.2, 0.25) is 0 Å². The van der Waals surface area contributed by atoms with E-state index in [0.29, 0.717) is 13.0 Å². The number of carbonyl (C=O) groups excluding carboxylic acids is 1. The lowest BCUT2D eigenvalue weighted by Crippen LogP contribution is -2.47. The number of carbonyl (C=O) groups is 2. The van der Waals surface area contributed by atoms with Crippen molar-refractivity contribution in [3.63, 3.8) is 0 Å². The molecule has 114 valence electrons. The predicted octanol–water partition coefficient (Wildman–Crippen LogP) is 1.28. The van der Waals surface area contributed by atoms with Gasteiger partial charge >= 0.3 is 12.0 Å². The van der Waals surface area contributed by atoms with Gasteiger partial charge in [0.05, 0.1) is 6.42 Å². The van der Waals surface area contributed by atoms with Gasteiger partial charge in [0.15, 0.2) is 0 Å². The van der Waals surface area contributed by atoms with E-state index in [4.69, 9.17) is 10.2 Å². The van der Waals surface area contributed by atoms with Crippen LogP contribution in [0.1, 0.15) is 44.9 Å². The molecule has 2 N–H and O–H groups in total. The van der Waals surface area contributed by atoms with Gasteiger partial charge in [-0.05, 0) is 38.5 Å². The Labute approximate surface area is 119 Å². The van der Waals surface area contributed by atoms with Gasteiger partial charge in [-0.1, -0.05) is 0 Å². The van der Waals surface area contributed by atoms with Crippen molar-refractivity contribution in [2.24, 2.45) is 0 Å². The van der Waals surface area contributed by atoms with Crippen LogP contribution in [0.4, 0.5) is 4.79 Å². The highest BCUT2D eigenvalue weighted by molar-refractivity contribution is 5.76. The Bertz CT molecular complexity index is 357. The standard InChI is InChI=1S/C14H24N2O4/c17-10-2-4-11-3-1-8-15(11)14(20)16(12-5-6-12)9-7-13(18)19/h11-12,17H,1-10H2,(H,18,19). The van der Waals surface area contributed by atoms with E-state index in [2.05, 4.69) is 0 Å². The summed E-state index contributed by atoms with van der Waals surface area (Å²) in [7, 11) is 0. The molecule has 2 rings (SSSR count). The van der Waals surface area contributed by atoms with Crippen molar-refractivity contribution in [3.8, 4) is 0 Å². The van der Waals surface area contributed by atoms with E-state index in [1.165, 1.54) is 0 Å². The van der Waals surface area contributed by atoms with Gasteiger partial charge in [-0.2, -0.15) is 0 Å². The van der Waals surface area contributed by atoms with Crippen molar-refractivity contribution in [1.82, 2.24) is 9.80 Å². The van der Waals surface area contributed by atoms with Crippen molar-refractivity contribution in [2.75, 3.05) is 19.7 Å². The number of urea groups is 1. The number of aliphatic hydroxyl groups is 1. The van der Waals surface area contributed by atoms with Crippen LogP contribution in [0.15, 0.2) is 0 Å². The molecule has 0 radical (unpaired) electrons. The lowest BCUT2D eigenvalue weighted by Gasteiger charge is -2.31. The second kappa shape index (κ2) is 6.92. The first-order chi connectivity index (χ1) is 9.63. The average Bonchev–Trinajstić information content (AvgIpc) is 3.14. The van der Waals surface area contributed by atoms with Crippen LogP contribution < -0.4 is 0 Å². The Morgan fingerprint density at radius 2 is 2.00 bits per heavy atom. The van der Waals surface area contributed by atoms with Gasteiger partial charge in [0.1, 0.15) is 0 Å². The second-order valence-corrected chi connectivity index (χ2v) is 5.71. The van der Waals surface area contributed by atoms with Crippen molar-refractivity contribution in [1.29, 1.82) is 0 Å². The number of rotatable bonds is 7.